The molecule has 0 aliphatic carbocycles. The molecule has 0 amide bonds. The Morgan fingerprint density at radius 1 is 1.06 bits per heavy atom. The number of hydrogen-bond donors (Lipinski definition) is 0. The quantitative estimate of drug-likeness (QED) is 0.513. The number of ether oxygens (including phenoxy) is 2. The topological polar surface area (TPSA) is 52.6 Å². The number of carbonyl (C=O) groups excluding carboxylic acids is 2. The summed E-state index contributed by atoms with van der Waals surface area (Å²) in [5.74, 6) is -0.586. The summed E-state index contributed by atoms with van der Waals surface area (Å²) in [6, 6.07) is 0. The largest absolute Gasteiger partial charge is 0.469 e. The van der Waals surface area contributed by atoms with Crippen molar-refractivity contribution >= 4 is 11.9 Å². The van der Waals surface area contributed by atoms with Crippen LogP contribution < -0.4 is 0 Å². The third-order valence-corrected chi connectivity index (χ3v) is 2.00. The Labute approximate surface area is 95.9 Å². The standard InChI is InChI=1S/C12H18O4/c1-4-5-6-10(9-12(14)16-3)7-8-11(13)15-2/h4-6H,7-9H2,1-3H3. The fourth-order valence-corrected chi connectivity index (χ4v) is 1.09. The Kier molecular flexibility index (Phi) is 7.85. The summed E-state index contributed by atoms with van der Waals surface area (Å²) in [7, 11) is 2.69. The van der Waals surface area contributed by atoms with Crippen LogP contribution in [0.1, 0.15) is 26.2 Å². The highest BCUT2D eigenvalue weighted by Gasteiger charge is 2.08. The first-order valence-corrected chi connectivity index (χ1v) is 5.08. The highest BCUT2D eigenvalue weighted by molar-refractivity contribution is 5.73. The summed E-state index contributed by atoms with van der Waals surface area (Å²) >= 11 is 0. The molecule has 0 aliphatic rings. The van der Waals surface area contributed by atoms with Gasteiger partial charge in [-0.25, -0.2) is 0 Å². The number of rotatable bonds is 6. The van der Waals surface area contributed by atoms with Crippen molar-refractivity contribution in [1.82, 2.24) is 0 Å². The Bertz CT molecular complexity index is 289. The second-order valence-electron chi connectivity index (χ2n) is 3.18. The average molecular weight is 226 g/mol. The second-order valence-corrected chi connectivity index (χ2v) is 3.18. The van der Waals surface area contributed by atoms with E-state index in [1.54, 1.807) is 0 Å². The van der Waals surface area contributed by atoms with Crippen molar-refractivity contribution in [2.45, 2.75) is 26.2 Å². The van der Waals surface area contributed by atoms with Gasteiger partial charge in [-0.05, 0) is 13.3 Å². The molecule has 0 N–H and O–H groups in total. The molecule has 0 fully saturated rings. The molecule has 0 saturated heterocycles. The maximum atomic E-state index is 11.1. The molecule has 0 radical (unpaired) electrons. The highest BCUT2D eigenvalue weighted by Crippen LogP contribution is 2.11. The number of methoxy groups -OCH3 is 2. The average Bonchev–Trinajstić information content (AvgIpc) is 2.31. The summed E-state index contributed by atoms with van der Waals surface area (Å²) in [5.41, 5.74) is 0.857. The van der Waals surface area contributed by atoms with Crippen LogP contribution in [-0.2, 0) is 19.1 Å². The molecule has 0 unspecified atom stereocenters. The van der Waals surface area contributed by atoms with Crippen LogP contribution in [-0.4, -0.2) is 26.2 Å². The van der Waals surface area contributed by atoms with Crippen LogP contribution >= 0.6 is 0 Å². The van der Waals surface area contributed by atoms with Gasteiger partial charge in [0.25, 0.3) is 0 Å². The molecule has 0 heterocycles. The van der Waals surface area contributed by atoms with Gasteiger partial charge in [0.1, 0.15) is 0 Å². The maximum Gasteiger partial charge on any atom is 0.309 e. The van der Waals surface area contributed by atoms with Gasteiger partial charge in [-0.2, -0.15) is 0 Å². The zero-order valence-electron chi connectivity index (χ0n) is 9.99. The van der Waals surface area contributed by atoms with Crippen molar-refractivity contribution in [3.05, 3.63) is 23.8 Å². The van der Waals surface area contributed by atoms with Crippen LogP contribution in [0.15, 0.2) is 23.8 Å². The van der Waals surface area contributed by atoms with Gasteiger partial charge in [-0.15, -0.1) is 0 Å². The summed E-state index contributed by atoms with van der Waals surface area (Å²) in [5, 5.41) is 0. The van der Waals surface area contributed by atoms with Crippen molar-refractivity contribution in [1.29, 1.82) is 0 Å². The van der Waals surface area contributed by atoms with E-state index in [0.717, 1.165) is 5.57 Å². The fraction of sp³-hybridized carbons (Fsp3) is 0.500. The van der Waals surface area contributed by atoms with E-state index in [1.165, 1.54) is 14.2 Å². The van der Waals surface area contributed by atoms with Gasteiger partial charge < -0.3 is 9.47 Å². The first kappa shape index (κ1) is 14.4. The molecule has 4 heteroatoms. The number of allylic oxidation sites excluding steroid dienone is 3. The highest BCUT2D eigenvalue weighted by atomic mass is 16.5. The van der Waals surface area contributed by atoms with Crippen molar-refractivity contribution in [2.75, 3.05) is 14.2 Å². The first-order chi connectivity index (χ1) is 7.63. The molecule has 0 aromatic rings. The van der Waals surface area contributed by atoms with Crippen LogP contribution in [0.3, 0.4) is 0 Å². The third-order valence-electron chi connectivity index (χ3n) is 2.00. The monoisotopic (exact) mass is 226 g/mol. The van der Waals surface area contributed by atoms with Crippen molar-refractivity contribution in [2.24, 2.45) is 0 Å². The fourth-order valence-electron chi connectivity index (χ4n) is 1.09. The van der Waals surface area contributed by atoms with E-state index < -0.39 is 0 Å². The molecule has 0 atom stereocenters. The molecule has 0 spiro atoms. The van der Waals surface area contributed by atoms with E-state index in [0.29, 0.717) is 6.42 Å². The van der Waals surface area contributed by atoms with Crippen molar-refractivity contribution in [3.63, 3.8) is 0 Å². The minimum atomic E-state index is -0.305. The van der Waals surface area contributed by atoms with E-state index in [1.807, 2.05) is 25.2 Å². The summed E-state index contributed by atoms with van der Waals surface area (Å²) in [6.07, 6.45) is 6.49. The van der Waals surface area contributed by atoms with Crippen LogP contribution in [0.5, 0.6) is 0 Å². The number of hydrogen-bond acceptors (Lipinski definition) is 4. The molecule has 0 saturated carbocycles. The van der Waals surface area contributed by atoms with Gasteiger partial charge in [0.15, 0.2) is 0 Å². The Morgan fingerprint density at radius 3 is 2.19 bits per heavy atom. The summed E-state index contributed by atoms with van der Waals surface area (Å²) in [4.78, 5) is 22.1. The zero-order valence-corrected chi connectivity index (χ0v) is 9.99. The van der Waals surface area contributed by atoms with Crippen LogP contribution in [0, 0.1) is 0 Å². The van der Waals surface area contributed by atoms with Crippen LogP contribution in [0.4, 0.5) is 0 Å². The normalized spacial score (nSPS) is 11.6. The molecule has 16 heavy (non-hydrogen) atoms. The lowest BCUT2D eigenvalue weighted by Crippen LogP contribution is -2.05. The molecule has 0 rings (SSSR count). The minimum Gasteiger partial charge on any atom is -0.469 e. The van der Waals surface area contributed by atoms with Crippen molar-refractivity contribution in [3.8, 4) is 0 Å². The molecule has 0 aromatic carbocycles. The Hall–Kier alpha value is -1.58. The summed E-state index contributed by atoms with van der Waals surface area (Å²) < 4.78 is 9.11. The number of esters is 2. The van der Waals surface area contributed by atoms with E-state index >= 15 is 0 Å². The molecule has 90 valence electrons. The van der Waals surface area contributed by atoms with Crippen LogP contribution in [0.2, 0.25) is 0 Å². The lowest BCUT2D eigenvalue weighted by atomic mass is 10.1. The lowest BCUT2D eigenvalue weighted by molar-refractivity contribution is -0.141. The predicted molar refractivity (Wildman–Crippen MR) is 60.8 cm³/mol. The van der Waals surface area contributed by atoms with Crippen molar-refractivity contribution < 1.29 is 19.1 Å². The molecule has 0 aliphatic heterocycles. The van der Waals surface area contributed by atoms with E-state index in [-0.39, 0.29) is 24.8 Å². The van der Waals surface area contributed by atoms with Gasteiger partial charge in [-0.3, -0.25) is 9.59 Å². The third kappa shape index (κ3) is 6.81. The maximum absolute atomic E-state index is 11.1. The molecule has 0 bridgehead atoms. The first-order valence-electron chi connectivity index (χ1n) is 5.08. The van der Waals surface area contributed by atoms with Crippen LogP contribution in [0.25, 0.3) is 0 Å². The van der Waals surface area contributed by atoms with E-state index in [4.69, 9.17) is 0 Å². The second kappa shape index (κ2) is 8.71. The lowest BCUT2D eigenvalue weighted by Gasteiger charge is -2.04. The number of carbonyl (C=O) groups is 2. The molecular formula is C12H18O4. The van der Waals surface area contributed by atoms with Gasteiger partial charge in [0, 0.05) is 6.42 Å². The summed E-state index contributed by atoms with van der Waals surface area (Å²) in [6.45, 7) is 1.88. The van der Waals surface area contributed by atoms with Gasteiger partial charge >= 0.3 is 11.9 Å². The van der Waals surface area contributed by atoms with Gasteiger partial charge in [0.2, 0.25) is 0 Å². The molecule has 4 nitrogen and oxygen atoms in total. The van der Waals surface area contributed by atoms with E-state index in [2.05, 4.69) is 9.47 Å². The predicted octanol–water partition coefficient (Wildman–Crippen LogP) is 2.01. The van der Waals surface area contributed by atoms with Gasteiger partial charge in [-0.1, -0.05) is 23.8 Å². The van der Waals surface area contributed by atoms with Gasteiger partial charge in [0.05, 0.1) is 20.6 Å². The SMILES string of the molecule is CC=CC=C(CCC(=O)OC)CC(=O)OC. The smallest absolute Gasteiger partial charge is 0.309 e. The zero-order chi connectivity index (χ0) is 12.4. The Balaban J connectivity index is 4.32. The Morgan fingerprint density at radius 2 is 1.69 bits per heavy atom. The minimum absolute atomic E-state index is 0.206. The molecular weight excluding hydrogens is 208 g/mol. The molecule has 0 aromatic heterocycles. The van der Waals surface area contributed by atoms with E-state index in [9.17, 15) is 9.59 Å².